The molecule has 0 bridgehead atoms. The minimum Gasteiger partial charge on any atom is -0.476 e. The van der Waals surface area contributed by atoms with E-state index >= 15 is 0 Å². The zero-order chi connectivity index (χ0) is 11.1. The average molecular weight is 213 g/mol. The van der Waals surface area contributed by atoms with Crippen LogP contribution in [0.2, 0.25) is 0 Å². The Balaban J connectivity index is 2.66. The first-order chi connectivity index (χ1) is 7.29. The van der Waals surface area contributed by atoms with Gasteiger partial charge in [-0.2, -0.15) is 9.97 Å². The Kier molecular flexibility index (Phi) is 4.62. The van der Waals surface area contributed by atoms with Gasteiger partial charge in [0.25, 0.3) is 0 Å². The van der Waals surface area contributed by atoms with Gasteiger partial charge >= 0.3 is 0 Å². The third-order valence-corrected chi connectivity index (χ3v) is 1.62. The van der Waals surface area contributed by atoms with E-state index in [1.807, 2.05) is 6.92 Å². The van der Waals surface area contributed by atoms with Crippen molar-refractivity contribution < 1.29 is 14.2 Å². The molecular weight excluding hydrogens is 198 g/mol. The normalized spacial score (nSPS) is 10.0. The number of rotatable bonds is 6. The molecule has 6 heteroatoms. The van der Waals surface area contributed by atoms with Gasteiger partial charge in [-0.05, 0) is 6.92 Å². The van der Waals surface area contributed by atoms with E-state index in [9.17, 15) is 0 Å². The number of anilines is 1. The molecule has 0 fully saturated rings. The van der Waals surface area contributed by atoms with Crippen molar-refractivity contribution in [3.8, 4) is 11.8 Å². The summed E-state index contributed by atoms with van der Waals surface area (Å²) in [6, 6.07) is 0. The molecular formula is C9H15N3O3. The number of nitrogens with two attached hydrogens (primary N) is 1. The predicted octanol–water partition coefficient (Wildman–Crippen LogP) is 0.483. The number of nitrogen functional groups attached to an aromatic ring is 1. The van der Waals surface area contributed by atoms with Crippen LogP contribution in [0.5, 0.6) is 11.8 Å². The molecule has 1 aromatic rings. The molecule has 0 aliphatic rings. The van der Waals surface area contributed by atoms with Gasteiger partial charge < -0.3 is 19.9 Å². The van der Waals surface area contributed by atoms with Gasteiger partial charge in [0.2, 0.25) is 11.8 Å². The van der Waals surface area contributed by atoms with Gasteiger partial charge in [-0.3, -0.25) is 0 Å². The molecule has 0 unspecified atom stereocenters. The van der Waals surface area contributed by atoms with Crippen molar-refractivity contribution in [1.82, 2.24) is 9.97 Å². The molecule has 0 aromatic carbocycles. The van der Waals surface area contributed by atoms with Gasteiger partial charge in [0.1, 0.15) is 12.9 Å². The Hall–Kier alpha value is -1.56. The lowest BCUT2D eigenvalue weighted by molar-refractivity contribution is 0.144. The molecule has 0 spiro atoms. The lowest BCUT2D eigenvalue weighted by Crippen LogP contribution is -2.09. The molecule has 1 aromatic heterocycles. The fraction of sp³-hybridized carbons (Fsp3) is 0.556. The summed E-state index contributed by atoms with van der Waals surface area (Å²) in [4.78, 5) is 7.79. The number of methoxy groups -OCH3 is 1. The highest BCUT2D eigenvalue weighted by Crippen LogP contribution is 2.26. The predicted molar refractivity (Wildman–Crippen MR) is 55.0 cm³/mol. The SMILES string of the molecule is CCOc1ncnc(OCCOC)c1N. The largest absolute Gasteiger partial charge is 0.476 e. The van der Waals surface area contributed by atoms with Gasteiger partial charge in [0.15, 0.2) is 5.69 Å². The second kappa shape index (κ2) is 6.02. The fourth-order valence-electron chi connectivity index (χ4n) is 0.953. The average Bonchev–Trinajstić information content (AvgIpc) is 2.24. The highest BCUT2D eigenvalue weighted by atomic mass is 16.5. The molecule has 0 atom stereocenters. The Labute approximate surface area is 88.4 Å². The van der Waals surface area contributed by atoms with E-state index in [4.69, 9.17) is 19.9 Å². The lowest BCUT2D eigenvalue weighted by atomic mass is 10.5. The summed E-state index contributed by atoms with van der Waals surface area (Å²) >= 11 is 0. The third kappa shape index (κ3) is 3.25. The number of nitrogens with zero attached hydrogens (tertiary/aromatic N) is 2. The van der Waals surface area contributed by atoms with E-state index in [1.165, 1.54) is 6.33 Å². The maximum atomic E-state index is 5.74. The van der Waals surface area contributed by atoms with Gasteiger partial charge in [-0.25, -0.2) is 0 Å². The third-order valence-electron chi connectivity index (χ3n) is 1.62. The van der Waals surface area contributed by atoms with E-state index in [0.717, 1.165) is 0 Å². The summed E-state index contributed by atoms with van der Waals surface area (Å²) in [5.41, 5.74) is 6.05. The standard InChI is InChI=1S/C9H15N3O3/c1-3-14-8-7(10)9(12-6-11-8)15-5-4-13-2/h6H,3-5,10H2,1-2H3. The molecule has 0 radical (unpaired) electrons. The summed E-state index contributed by atoms with van der Waals surface area (Å²) in [6.07, 6.45) is 1.35. The van der Waals surface area contributed by atoms with Crippen molar-refractivity contribution in [2.24, 2.45) is 0 Å². The van der Waals surface area contributed by atoms with Gasteiger partial charge in [0.05, 0.1) is 13.2 Å². The van der Waals surface area contributed by atoms with E-state index in [-0.39, 0.29) is 0 Å². The van der Waals surface area contributed by atoms with Crippen LogP contribution >= 0.6 is 0 Å². The zero-order valence-electron chi connectivity index (χ0n) is 8.90. The number of hydrogen-bond acceptors (Lipinski definition) is 6. The molecule has 2 N–H and O–H groups in total. The molecule has 1 rings (SSSR count). The van der Waals surface area contributed by atoms with Crippen LogP contribution < -0.4 is 15.2 Å². The van der Waals surface area contributed by atoms with Crippen LogP contribution in [-0.2, 0) is 4.74 Å². The number of hydrogen-bond donors (Lipinski definition) is 1. The summed E-state index contributed by atoms with van der Waals surface area (Å²) in [7, 11) is 1.60. The quantitative estimate of drug-likeness (QED) is 0.692. The van der Waals surface area contributed by atoms with Crippen LogP contribution in [-0.4, -0.2) is 36.9 Å². The molecule has 0 amide bonds. The van der Waals surface area contributed by atoms with E-state index < -0.39 is 0 Å². The Bertz CT molecular complexity index is 307. The molecule has 0 saturated carbocycles. The van der Waals surface area contributed by atoms with Crippen LogP contribution in [0, 0.1) is 0 Å². The van der Waals surface area contributed by atoms with E-state index in [2.05, 4.69) is 9.97 Å². The van der Waals surface area contributed by atoms with Crippen molar-refractivity contribution >= 4 is 5.69 Å². The lowest BCUT2D eigenvalue weighted by Gasteiger charge is -2.09. The van der Waals surface area contributed by atoms with Crippen LogP contribution in [0.1, 0.15) is 6.92 Å². The first-order valence-electron chi connectivity index (χ1n) is 4.64. The monoisotopic (exact) mass is 213 g/mol. The minimum atomic E-state index is 0.315. The maximum absolute atomic E-state index is 5.74. The van der Waals surface area contributed by atoms with Crippen molar-refractivity contribution in [3.05, 3.63) is 6.33 Å². The molecule has 6 nitrogen and oxygen atoms in total. The highest BCUT2D eigenvalue weighted by Gasteiger charge is 2.09. The van der Waals surface area contributed by atoms with Crippen molar-refractivity contribution in [3.63, 3.8) is 0 Å². The zero-order valence-corrected chi connectivity index (χ0v) is 8.90. The van der Waals surface area contributed by atoms with Crippen LogP contribution in [0.25, 0.3) is 0 Å². The van der Waals surface area contributed by atoms with Crippen LogP contribution in [0.4, 0.5) is 5.69 Å². The summed E-state index contributed by atoms with van der Waals surface area (Å²) in [5, 5.41) is 0. The van der Waals surface area contributed by atoms with E-state index in [1.54, 1.807) is 7.11 Å². The summed E-state index contributed by atoms with van der Waals surface area (Å²) in [6.45, 7) is 3.22. The van der Waals surface area contributed by atoms with Gasteiger partial charge in [-0.15, -0.1) is 0 Å². The topological polar surface area (TPSA) is 79.5 Å². The first kappa shape index (κ1) is 11.5. The Morgan fingerprint density at radius 2 is 1.87 bits per heavy atom. The molecule has 0 aliphatic heterocycles. The smallest absolute Gasteiger partial charge is 0.244 e. The van der Waals surface area contributed by atoms with E-state index in [0.29, 0.717) is 37.3 Å². The molecule has 0 aliphatic carbocycles. The Morgan fingerprint density at radius 1 is 1.20 bits per heavy atom. The van der Waals surface area contributed by atoms with Crippen LogP contribution in [0.3, 0.4) is 0 Å². The first-order valence-corrected chi connectivity index (χ1v) is 4.64. The second-order valence-corrected chi connectivity index (χ2v) is 2.67. The molecule has 15 heavy (non-hydrogen) atoms. The number of aromatic nitrogens is 2. The number of ether oxygens (including phenoxy) is 3. The second-order valence-electron chi connectivity index (χ2n) is 2.67. The molecule has 0 saturated heterocycles. The molecule has 84 valence electrons. The highest BCUT2D eigenvalue weighted by molar-refractivity contribution is 5.55. The summed E-state index contributed by atoms with van der Waals surface area (Å²) in [5.74, 6) is 0.672. The van der Waals surface area contributed by atoms with Gasteiger partial charge in [0, 0.05) is 7.11 Å². The molecule has 1 heterocycles. The van der Waals surface area contributed by atoms with Crippen molar-refractivity contribution in [2.75, 3.05) is 32.7 Å². The maximum Gasteiger partial charge on any atom is 0.244 e. The van der Waals surface area contributed by atoms with Gasteiger partial charge in [-0.1, -0.05) is 0 Å². The summed E-state index contributed by atoms with van der Waals surface area (Å²) < 4.78 is 15.3. The van der Waals surface area contributed by atoms with Crippen LogP contribution in [0.15, 0.2) is 6.33 Å². The fourth-order valence-corrected chi connectivity index (χ4v) is 0.953. The van der Waals surface area contributed by atoms with Crippen molar-refractivity contribution in [2.45, 2.75) is 6.92 Å². The van der Waals surface area contributed by atoms with Crippen molar-refractivity contribution in [1.29, 1.82) is 0 Å². The minimum absolute atomic E-state index is 0.315. The Morgan fingerprint density at radius 3 is 2.47 bits per heavy atom.